The van der Waals surface area contributed by atoms with Crippen LogP contribution >= 0.6 is 0 Å². The Morgan fingerprint density at radius 3 is 2.41 bits per heavy atom. The summed E-state index contributed by atoms with van der Waals surface area (Å²) in [6.07, 6.45) is 2.76. The summed E-state index contributed by atoms with van der Waals surface area (Å²) in [6, 6.07) is 11.8. The largest absolute Gasteiger partial charge is 0.377 e. The zero-order valence-corrected chi connectivity index (χ0v) is 23.5. The van der Waals surface area contributed by atoms with Gasteiger partial charge >= 0.3 is 6.04 Å². The van der Waals surface area contributed by atoms with Crippen LogP contribution in [0.5, 0.6) is 0 Å². The van der Waals surface area contributed by atoms with E-state index in [1.165, 1.54) is 12.1 Å². The van der Waals surface area contributed by atoms with Gasteiger partial charge < -0.3 is 20.9 Å². The maximum atomic E-state index is 14.9. The Morgan fingerprint density at radius 1 is 1.00 bits per heavy atom. The van der Waals surface area contributed by atoms with E-state index in [0.29, 0.717) is 46.9 Å². The molecule has 216 valence electrons. The molecule has 1 aromatic heterocycles. The highest BCUT2D eigenvalue weighted by Crippen LogP contribution is 2.25. The Labute approximate surface area is 239 Å². The summed E-state index contributed by atoms with van der Waals surface area (Å²) in [5, 5.41) is 8.81. The molecule has 0 bridgehead atoms. The van der Waals surface area contributed by atoms with Crippen LogP contribution < -0.4 is 16.0 Å². The van der Waals surface area contributed by atoms with Crippen molar-refractivity contribution < 1.29 is 18.4 Å². The predicted octanol–water partition coefficient (Wildman–Crippen LogP) is 5.52. The van der Waals surface area contributed by atoms with Gasteiger partial charge in [-0.1, -0.05) is 25.6 Å². The SMILES string of the molecule is C=C(CNc1ccc(-c2ccc(NC(=O)CCC)nc2)cc1F)Nc1ccc(CN2CCN(C)CC2)c(C(=O)F)c1. The number of likely N-dealkylation sites (N-methyl/N-ethyl adjacent to an activating group) is 1. The Balaban J connectivity index is 1.33. The number of rotatable bonds is 12. The lowest BCUT2D eigenvalue weighted by molar-refractivity contribution is -0.116. The second-order valence-electron chi connectivity index (χ2n) is 10.2. The molecule has 1 fully saturated rings. The maximum Gasteiger partial charge on any atom is 0.332 e. The maximum absolute atomic E-state index is 14.9. The van der Waals surface area contributed by atoms with Gasteiger partial charge in [-0.2, -0.15) is 4.39 Å². The number of piperazine rings is 1. The van der Waals surface area contributed by atoms with E-state index in [0.717, 1.165) is 32.6 Å². The summed E-state index contributed by atoms with van der Waals surface area (Å²) in [7, 11) is 2.07. The number of carbonyl (C=O) groups excluding carboxylic acids is 2. The Hall–Kier alpha value is -4.15. The first-order chi connectivity index (χ1) is 19.7. The molecule has 0 radical (unpaired) electrons. The number of nitrogens with zero attached hydrogens (tertiary/aromatic N) is 3. The number of carbonyl (C=O) groups is 2. The number of hydrogen-bond donors (Lipinski definition) is 3. The number of aromatic nitrogens is 1. The van der Waals surface area contributed by atoms with Crippen LogP contribution in [0.3, 0.4) is 0 Å². The van der Waals surface area contributed by atoms with Crippen molar-refractivity contribution in [2.45, 2.75) is 26.3 Å². The molecular weight excluding hydrogens is 526 g/mol. The second kappa shape index (κ2) is 14.0. The summed E-state index contributed by atoms with van der Waals surface area (Å²) in [4.78, 5) is 32.2. The van der Waals surface area contributed by atoms with Gasteiger partial charge in [0.25, 0.3) is 0 Å². The molecule has 2 heterocycles. The molecule has 0 aliphatic carbocycles. The van der Waals surface area contributed by atoms with Crippen LogP contribution in [0.4, 0.5) is 26.0 Å². The Morgan fingerprint density at radius 2 is 1.76 bits per heavy atom. The molecular formula is C31H36F2N6O2. The van der Waals surface area contributed by atoms with Gasteiger partial charge in [-0.05, 0) is 61.0 Å². The van der Waals surface area contributed by atoms with Gasteiger partial charge in [0.05, 0.1) is 17.8 Å². The lowest BCUT2D eigenvalue weighted by atomic mass is 10.1. The average molecular weight is 563 g/mol. The molecule has 4 rings (SSSR count). The minimum absolute atomic E-state index is 0.0298. The van der Waals surface area contributed by atoms with Gasteiger partial charge in [-0.3, -0.25) is 14.5 Å². The molecule has 41 heavy (non-hydrogen) atoms. The van der Waals surface area contributed by atoms with E-state index in [1.54, 1.807) is 42.6 Å². The third-order valence-electron chi connectivity index (χ3n) is 6.94. The van der Waals surface area contributed by atoms with Gasteiger partial charge in [-0.25, -0.2) is 9.37 Å². The Bertz CT molecular complexity index is 1390. The van der Waals surface area contributed by atoms with Crippen molar-refractivity contribution in [3.63, 3.8) is 0 Å². The fourth-order valence-corrected chi connectivity index (χ4v) is 4.58. The molecule has 3 N–H and O–H groups in total. The van der Waals surface area contributed by atoms with Gasteiger partial charge in [-0.15, -0.1) is 0 Å². The van der Waals surface area contributed by atoms with Crippen LogP contribution in [0.1, 0.15) is 35.7 Å². The van der Waals surface area contributed by atoms with Crippen molar-refractivity contribution in [2.24, 2.45) is 0 Å². The first-order valence-corrected chi connectivity index (χ1v) is 13.7. The van der Waals surface area contributed by atoms with Gasteiger partial charge in [0.15, 0.2) is 0 Å². The quantitative estimate of drug-likeness (QED) is 0.251. The topological polar surface area (TPSA) is 89.6 Å². The van der Waals surface area contributed by atoms with E-state index >= 15 is 0 Å². The predicted molar refractivity (Wildman–Crippen MR) is 159 cm³/mol. The lowest BCUT2D eigenvalue weighted by Crippen LogP contribution is -2.44. The van der Waals surface area contributed by atoms with E-state index in [4.69, 9.17) is 0 Å². The number of amides is 1. The van der Waals surface area contributed by atoms with Gasteiger partial charge in [0, 0.05) is 62.3 Å². The van der Waals surface area contributed by atoms with Crippen LogP contribution in [0.25, 0.3) is 11.1 Å². The summed E-state index contributed by atoms with van der Waals surface area (Å²) in [5.74, 6) is -0.0984. The van der Waals surface area contributed by atoms with Crippen molar-refractivity contribution >= 4 is 29.1 Å². The molecule has 8 nitrogen and oxygen atoms in total. The highest BCUT2D eigenvalue weighted by Gasteiger charge is 2.18. The monoisotopic (exact) mass is 562 g/mol. The minimum Gasteiger partial charge on any atom is -0.377 e. The number of pyridine rings is 1. The summed E-state index contributed by atoms with van der Waals surface area (Å²) < 4.78 is 28.8. The van der Waals surface area contributed by atoms with Gasteiger partial charge in [0.2, 0.25) is 5.91 Å². The van der Waals surface area contributed by atoms with Crippen LogP contribution in [0.2, 0.25) is 0 Å². The molecule has 1 aliphatic heterocycles. The fourth-order valence-electron chi connectivity index (χ4n) is 4.58. The number of hydrogen-bond acceptors (Lipinski definition) is 7. The molecule has 1 amide bonds. The molecule has 10 heteroatoms. The van der Waals surface area contributed by atoms with E-state index in [2.05, 4.69) is 44.4 Å². The molecule has 0 unspecified atom stereocenters. The van der Waals surface area contributed by atoms with E-state index < -0.39 is 11.9 Å². The minimum atomic E-state index is -1.48. The molecule has 0 spiro atoms. The third kappa shape index (κ3) is 8.42. The number of benzene rings is 2. The molecule has 0 atom stereocenters. The van der Waals surface area contributed by atoms with Crippen molar-refractivity contribution in [3.05, 3.63) is 83.9 Å². The third-order valence-corrected chi connectivity index (χ3v) is 6.94. The Kier molecular flexibility index (Phi) is 10.2. The lowest BCUT2D eigenvalue weighted by Gasteiger charge is -2.32. The standard InChI is InChI=1S/C31H36F2N6O2/c1-4-5-30(40)37-29-11-8-23(19-35-29)22-7-10-28(27(32)16-22)34-18-21(2)36-25-9-6-24(26(17-25)31(33)41)20-39-14-12-38(3)13-15-39/h6-11,16-17,19,34,36H,2,4-5,12-15,18,20H2,1,3H3,(H,35,37,40). The highest BCUT2D eigenvalue weighted by atomic mass is 19.1. The molecule has 1 saturated heterocycles. The van der Waals surface area contributed by atoms with Gasteiger partial charge in [0.1, 0.15) is 11.6 Å². The van der Waals surface area contributed by atoms with Crippen molar-refractivity contribution in [2.75, 3.05) is 55.7 Å². The van der Waals surface area contributed by atoms with Crippen LogP contribution in [-0.4, -0.2) is 66.5 Å². The molecule has 1 aliphatic rings. The number of nitrogens with one attached hydrogen (secondary N) is 3. The molecule has 3 aromatic rings. The van der Waals surface area contributed by atoms with Crippen LogP contribution in [0, 0.1) is 5.82 Å². The van der Waals surface area contributed by atoms with Crippen molar-refractivity contribution in [1.29, 1.82) is 0 Å². The van der Waals surface area contributed by atoms with E-state index in [-0.39, 0.29) is 23.7 Å². The number of anilines is 3. The fraction of sp³-hybridized carbons (Fsp3) is 0.323. The highest BCUT2D eigenvalue weighted by molar-refractivity contribution is 5.91. The number of halogens is 2. The summed E-state index contributed by atoms with van der Waals surface area (Å²) >= 11 is 0. The first kappa shape index (κ1) is 29.8. The normalized spacial score (nSPS) is 14.0. The summed E-state index contributed by atoms with van der Waals surface area (Å²) in [5.41, 5.74) is 3.36. The average Bonchev–Trinajstić information content (AvgIpc) is 2.95. The van der Waals surface area contributed by atoms with E-state index in [9.17, 15) is 18.4 Å². The van der Waals surface area contributed by atoms with Crippen LogP contribution in [-0.2, 0) is 11.3 Å². The van der Waals surface area contributed by atoms with Crippen molar-refractivity contribution in [1.82, 2.24) is 14.8 Å². The molecule has 0 saturated carbocycles. The zero-order valence-electron chi connectivity index (χ0n) is 23.5. The van der Waals surface area contributed by atoms with Crippen LogP contribution in [0.15, 0.2) is 67.0 Å². The summed E-state index contributed by atoms with van der Waals surface area (Å²) in [6.45, 7) is 10.2. The first-order valence-electron chi connectivity index (χ1n) is 13.7. The van der Waals surface area contributed by atoms with E-state index in [1.807, 2.05) is 6.92 Å². The second-order valence-corrected chi connectivity index (χ2v) is 10.2. The smallest absolute Gasteiger partial charge is 0.332 e. The molecule has 2 aromatic carbocycles. The van der Waals surface area contributed by atoms with Crippen molar-refractivity contribution in [3.8, 4) is 11.1 Å². The zero-order chi connectivity index (χ0) is 29.4.